The van der Waals surface area contributed by atoms with Gasteiger partial charge in [-0.25, -0.2) is 14.4 Å². The standard InChI is InChI=1S/C14H16FN3OS/c1-3-12-13(15)14(18-9-17-12)16-8-10-4-6-11(7-5-10)20(2)19/h4-7,9H,3,8H2,1-2H3,(H,16,17,18). The summed E-state index contributed by atoms with van der Waals surface area (Å²) in [5.41, 5.74) is 1.37. The lowest BCUT2D eigenvalue weighted by molar-refractivity contribution is 0.596. The van der Waals surface area contributed by atoms with Crippen molar-refractivity contribution in [1.29, 1.82) is 0 Å². The lowest BCUT2D eigenvalue weighted by atomic mass is 10.2. The number of rotatable bonds is 5. The first-order valence-corrected chi connectivity index (χ1v) is 7.83. The molecule has 6 heteroatoms. The average Bonchev–Trinajstić information content (AvgIpc) is 2.46. The quantitative estimate of drug-likeness (QED) is 0.920. The van der Waals surface area contributed by atoms with Crippen LogP contribution in [0.15, 0.2) is 35.5 Å². The molecule has 106 valence electrons. The number of halogens is 1. The van der Waals surface area contributed by atoms with Gasteiger partial charge in [-0.1, -0.05) is 19.1 Å². The minimum atomic E-state index is -0.986. The average molecular weight is 293 g/mol. The van der Waals surface area contributed by atoms with Crippen molar-refractivity contribution in [2.75, 3.05) is 11.6 Å². The van der Waals surface area contributed by atoms with Crippen molar-refractivity contribution in [1.82, 2.24) is 9.97 Å². The zero-order valence-corrected chi connectivity index (χ0v) is 12.2. The van der Waals surface area contributed by atoms with E-state index in [1.807, 2.05) is 19.1 Å². The molecule has 0 amide bonds. The van der Waals surface area contributed by atoms with Crippen LogP contribution in [0.5, 0.6) is 0 Å². The van der Waals surface area contributed by atoms with Crippen LogP contribution in [0.25, 0.3) is 0 Å². The minimum Gasteiger partial charge on any atom is -0.363 e. The fourth-order valence-electron chi connectivity index (χ4n) is 1.76. The van der Waals surface area contributed by atoms with E-state index in [1.165, 1.54) is 6.33 Å². The van der Waals surface area contributed by atoms with Crippen molar-refractivity contribution >= 4 is 16.6 Å². The Balaban J connectivity index is 2.07. The summed E-state index contributed by atoms with van der Waals surface area (Å²) in [7, 11) is -0.986. The maximum absolute atomic E-state index is 13.9. The SMILES string of the molecule is CCc1ncnc(NCc2ccc(S(C)=O)cc2)c1F. The van der Waals surface area contributed by atoms with E-state index in [9.17, 15) is 8.60 Å². The van der Waals surface area contributed by atoms with Crippen LogP contribution >= 0.6 is 0 Å². The number of anilines is 1. The van der Waals surface area contributed by atoms with Gasteiger partial charge in [-0.05, 0) is 24.1 Å². The summed E-state index contributed by atoms with van der Waals surface area (Å²) < 4.78 is 25.2. The third-order valence-corrected chi connectivity index (χ3v) is 3.85. The lowest BCUT2D eigenvalue weighted by Gasteiger charge is -2.08. The molecule has 1 N–H and O–H groups in total. The van der Waals surface area contributed by atoms with Crippen LogP contribution in [-0.2, 0) is 23.8 Å². The molecule has 2 aromatic rings. The van der Waals surface area contributed by atoms with Gasteiger partial charge in [0.25, 0.3) is 0 Å². The molecular weight excluding hydrogens is 277 g/mol. The maximum atomic E-state index is 13.9. The van der Waals surface area contributed by atoms with E-state index in [-0.39, 0.29) is 5.82 Å². The number of nitrogens with one attached hydrogen (secondary N) is 1. The molecule has 0 radical (unpaired) electrons. The van der Waals surface area contributed by atoms with Gasteiger partial charge in [-0.2, -0.15) is 0 Å². The third kappa shape index (κ3) is 3.39. The van der Waals surface area contributed by atoms with Crippen LogP contribution < -0.4 is 5.32 Å². The predicted molar refractivity (Wildman–Crippen MR) is 77.5 cm³/mol. The van der Waals surface area contributed by atoms with Gasteiger partial charge < -0.3 is 5.32 Å². The molecule has 0 spiro atoms. The molecule has 0 saturated carbocycles. The molecule has 1 aromatic heterocycles. The number of hydrogen-bond acceptors (Lipinski definition) is 4. The topological polar surface area (TPSA) is 54.9 Å². The van der Waals surface area contributed by atoms with Gasteiger partial charge in [-0.15, -0.1) is 0 Å². The molecule has 0 aliphatic carbocycles. The fraction of sp³-hybridized carbons (Fsp3) is 0.286. The Bertz CT molecular complexity index is 616. The summed E-state index contributed by atoms with van der Waals surface area (Å²) in [5.74, 6) is -0.193. The van der Waals surface area contributed by atoms with Gasteiger partial charge in [-0.3, -0.25) is 4.21 Å². The van der Waals surface area contributed by atoms with Gasteiger partial charge in [0.1, 0.15) is 6.33 Å². The third-order valence-electron chi connectivity index (χ3n) is 2.91. The Labute approximate surface area is 119 Å². The van der Waals surface area contributed by atoms with Crippen molar-refractivity contribution < 1.29 is 8.60 Å². The molecule has 1 atom stereocenters. The Morgan fingerprint density at radius 2 is 1.95 bits per heavy atom. The molecule has 1 heterocycles. The van der Waals surface area contributed by atoms with Crippen molar-refractivity contribution in [3.63, 3.8) is 0 Å². The Kier molecular flexibility index (Phi) is 4.79. The molecule has 0 aliphatic heterocycles. The molecule has 1 aromatic carbocycles. The highest BCUT2D eigenvalue weighted by atomic mass is 32.2. The minimum absolute atomic E-state index is 0.208. The lowest BCUT2D eigenvalue weighted by Crippen LogP contribution is -2.06. The van der Waals surface area contributed by atoms with Crippen molar-refractivity contribution in [2.45, 2.75) is 24.8 Å². The molecule has 4 nitrogen and oxygen atoms in total. The van der Waals surface area contributed by atoms with Crippen molar-refractivity contribution in [3.8, 4) is 0 Å². The van der Waals surface area contributed by atoms with Crippen LogP contribution in [0.2, 0.25) is 0 Å². The molecule has 1 unspecified atom stereocenters. The molecule has 0 aliphatic rings. The van der Waals surface area contributed by atoms with Gasteiger partial charge >= 0.3 is 0 Å². The maximum Gasteiger partial charge on any atom is 0.186 e. The number of hydrogen-bond donors (Lipinski definition) is 1. The molecule has 0 fully saturated rings. The second kappa shape index (κ2) is 6.56. The van der Waals surface area contributed by atoms with E-state index in [4.69, 9.17) is 0 Å². The van der Waals surface area contributed by atoms with E-state index in [2.05, 4.69) is 15.3 Å². The number of benzene rings is 1. The van der Waals surface area contributed by atoms with Gasteiger partial charge in [0.15, 0.2) is 11.6 Å². The highest BCUT2D eigenvalue weighted by Gasteiger charge is 2.09. The second-order valence-electron chi connectivity index (χ2n) is 4.29. The Morgan fingerprint density at radius 3 is 2.55 bits per heavy atom. The first-order valence-electron chi connectivity index (χ1n) is 6.27. The summed E-state index contributed by atoms with van der Waals surface area (Å²) in [5, 5.41) is 2.95. The highest BCUT2D eigenvalue weighted by Crippen LogP contribution is 2.15. The van der Waals surface area contributed by atoms with Crippen LogP contribution in [0, 0.1) is 5.82 Å². The fourth-order valence-corrected chi connectivity index (χ4v) is 2.28. The smallest absolute Gasteiger partial charge is 0.186 e. The normalized spacial score (nSPS) is 12.2. The zero-order chi connectivity index (χ0) is 14.5. The van der Waals surface area contributed by atoms with Crippen molar-refractivity contribution in [2.24, 2.45) is 0 Å². The highest BCUT2D eigenvalue weighted by molar-refractivity contribution is 7.84. The first-order chi connectivity index (χ1) is 9.61. The number of nitrogens with zero attached hydrogens (tertiary/aromatic N) is 2. The summed E-state index contributed by atoms with van der Waals surface area (Å²) >= 11 is 0. The van der Waals surface area contributed by atoms with E-state index in [0.717, 1.165) is 10.5 Å². The summed E-state index contributed by atoms with van der Waals surface area (Å²) in [6.45, 7) is 2.30. The summed E-state index contributed by atoms with van der Waals surface area (Å²) in [6, 6.07) is 7.34. The monoisotopic (exact) mass is 293 g/mol. The summed E-state index contributed by atoms with van der Waals surface area (Å²) in [6.07, 6.45) is 3.52. The summed E-state index contributed by atoms with van der Waals surface area (Å²) in [4.78, 5) is 8.56. The molecule has 0 saturated heterocycles. The first kappa shape index (κ1) is 14.6. The van der Waals surface area contributed by atoms with E-state index < -0.39 is 16.6 Å². The van der Waals surface area contributed by atoms with E-state index in [0.29, 0.717) is 18.7 Å². The molecule has 0 bridgehead atoms. The molecule has 2 rings (SSSR count). The Hall–Kier alpha value is -1.82. The van der Waals surface area contributed by atoms with Crippen molar-refractivity contribution in [3.05, 3.63) is 47.7 Å². The second-order valence-corrected chi connectivity index (χ2v) is 5.67. The zero-order valence-electron chi connectivity index (χ0n) is 11.4. The van der Waals surface area contributed by atoms with Crippen LogP contribution in [0.3, 0.4) is 0 Å². The largest absolute Gasteiger partial charge is 0.363 e. The van der Waals surface area contributed by atoms with Crippen LogP contribution in [-0.4, -0.2) is 20.4 Å². The van der Waals surface area contributed by atoms with Crippen LogP contribution in [0.1, 0.15) is 18.2 Å². The van der Waals surface area contributed by atoms with Gasteiger partial charge in [0, 0.05) is 28.5 Å². The number of aromatic nitrogens is 2. The molecule has 20 heavy (non-hydrogen) atoms. The molecular formula is C14H16FN3OS. The Morgan fingerprint density at radius 1 is 1.25 bits per heavy atom. The predicted octanol–water partition coefficient (Wildman–Crippen LogP) is 2.53. The van der Waals surface area contributed by atoms with Gasteiger partial charge in [0.05, 0.1) is 5.69 Å². The van der Waals surface area contributed by atoms with Crippen LogP contribution in [0.4, 0.5) is 10.2 Å². The number of aryl methyl sites for hydroxylation is 1. The van der Waals surface area contributed by atoms with Gasteiger partial charge in [0.2, 0.25) is 0 Å². The van der Waals surface area contributed by atoms with E-state index in [1.54, 1.807) is 18.4 Å². The van der Waals surface area contributed by atoms with E-state index >= 15 is 0 Å².